The molecular weight excluding hydrogens is 198 g/mol. The highest BCUT2D eigenvalue weighted by molar-refractivity contribution is 7.19. The second-order valence-corrected chi connectivity index (χ2v) is 11.9. The molecular formula is C3H16ClN3Si3. The lowest BCUT2D eigenvalue weighted by Gasteiger charge is -2.20. The summed E-state index contributed by atoms with van der Waals surface area (Å²) in [5.41, 5.74) is 0. The van der Waals surface area contributed by atoms with Gasteiger partial charge in [-0.25, -0.2) is 0 Å². The zero-order valence-corrected chi connectivity index (χ0v) is 11.1. The van der Waals surface area contributed by atoms with Crippen molar-refractivity contribution in [2.24, 2.45) is 5.40 Å². The maximum absolute atomic E-state index is 5.88. The largest absolute Gasteiger partial charge is 0.355 e. The Bertz CT molecular complexity index is 95.5. The lowest BCUT2D eigenvalue weighted by Crippen LogP contribution is -2.62. The van der Waals surface area contributed by atoms with E-state index in [4.69, 9.17) is 16.5 Å². The molecule has 0 spiro atoms. The summed E-state index contributed by atoms with van der Waals surface area (Å²) in [6.45, 7) is 6.29. The van der Waals surface area contributed by atoms with Crippen molar-refractivity contribution in [1.82, 2.24) is 9.30 Å². The van der Waals surface area contributed by atoms with E-state index in [0.29, 0.717) is 0 Å². The van der Waals surface area contributed by atoms with Crippen molar-refractivity contribution >= 4 is 37.6 Å². The molecule has 0 saturated heterocycles. The van der Waals surface area contributed by atoms with Gasteiger partial charge in [0.05, 0.1) is 9.68 Å². The first-order valence-corrected chi connectivity index (χ1v) is 11.5. The molecule has 0 amide bonds. The van der Waals surface area contributed by atoms with Crippen LogP contribution < -0.4 is 14.7 Å². The summed E-state index contributed by atoms with van der Waals surface area (Å²) in [6.07, 6.45) is 0. The van der Waals surface area contributed by atoms with Gasteiger partial charge in [-0.05, 0) is 13.1 Å². The van der Waals surface area contributed by atoms with E-state index < -0.39 is 16.8 Å². The van der Waals surface area contributed by atoms with E-state index in [0.717, 1.165) is 0 Å². The van der Waals surface area contributed by atoms with Crippen LogP contribution in [0.5, 0.6) is 0 Å². The molecule has 2 unspecified atom stereocenters. The van der Waals surface area contributed by atoms with Crippen LogP contribution in [0.4, 0.5) is 0 Å². The molecule has 0 radical (unpaired) electrons. The highest BCUT2D eigenvalue weighted by atomic mass is 35.6. The number of halogens is 1. The van der Waals surface area contributed by atoms with Crippen LogP contribution in [0, 0.1) is 0 Å². The fourth-order valence-corrected chi connectivity index (χ4v) is 9.42. The smallest absolute Gasteiger partial charge is 0.290 e. The van der Waals surface area contributed by atoms with E-state index >= 15 is 0 Å². The maximum atomic E-state index is 5.88. The zero-order valence-electron chi connectivity index (χ0n) is 6.74. The molecule has 2 atom stereocenters. The Morgan fingerprint density at radius 3 is 2.50 bits per heavy atom. The number of nitrogens with one attached hydrogen (secondary N) is 2. The molecule has 7 heteroatoms. The van der Waals surface area contributed by atoms with Gasteiger partial charge in [-0.15, -0.1) is 11.1 Å². The van der Waals surface area contributed by atoms with E-state index in [-0.39, 0.29) is 9.68 Å². The van der Waals surface area contributed by atoms with Gasteiger partial charge in [-0.2, -0.15) is 0 Å². The average molecular weight is 214 g/mol. The molecule has 4 N–H and O–H groups in total. The first-order valence-electron chi connectivity index (χ1n) is 3.44. The number of hydrogen-bond donors (Lipinski definition) is 3. The van der Waals surface area contributed by atoms with E-state index in [9.17, 15) is 0 Å². The Morgan fingerprint density at radius 2 is 2.20 bits per heavy atom. The van der Waals surface area contributed by atoms with Crippen molar-refractivity contribution < 1.29 is 0 Å². The third kappa shape index (κ3) is 6.93. The summed E-state index contributed by atoms with van der Waals surface area (Å²) in [4.78, 5) is 0. The normalized spacial score (nSPS) is 21.3. The molecule has 0 aromatic carbocycles. The topological polar surface area (TPSA) is 50.1 Å². The second kappa shape index (κ2) is 4.65. The lowest BCUT2D eigenvalue weighted by molar-refractivity contribution is 1.30. The predicted molar refractivity (Wildman–Crippen MR) is 55.4 cm³/mol. The Labute approximate surface area is 72.3 Å². The first-order chi connectivity index (χ1) is 4.45. The van der Waals surface area contributed by atoms with Gasteiger partial charge in [-0.3, -0.25) is 0 Å². The molecule has 0 aromatic heterocycles. The van der Waals surface area contributed by atoms with Gasteiger partial charge < -0.3 is 14.7 Å². The van der Waals surface area contributed by atoms with Crippen molar-refractivity contribution in [3.8, 4) is 0 Å². The Hall–Kier alpha value is 0.821. The van der Waals surface area contributed by atoms with E-state index in [1.165, 1.54) is 0 Å². The molecule has 3 nitrogen and oxygen atoms in total. The monoisotopic (exact) mass is 213 g/mol. The highest BCUT2D eigenvalue weighted by Gasteiger charge is 2.20. The SMILES string of the molecule is C[SiH2]N[SiH](C)N[Si](C)(N)Cl. The molecule has 0 aliphatic carbocycles. The van der Waals surface area contributed by atoms with Crippen molar-refractivity contribution in [2.75, 3.05) is 0 Å². The van der Waals surface area contributed by atoms with Crippen LogP contribution in [0.2, 0.25) is 19.6 Å². The maximum Gasteiger partial charge on any atom is 0.290 e. The molecule has 0 aromatic rings. The molecule has 0 heterocycles. The van der Waals surface area contributed by atoms with Crippen LogP contribution in [-0.4, -0.2) is 26.5 Å². The predicted octanol–water partition coefficient (Wildman–Crippen LogP) is -1.09. The Morgan fingerprint density at radius 1 is 1.70 bits per heavy atom. The minimum Gasteiger partial charge on any atom is -0.355 e. The molecule has 0 bridgehead atoms. The second-order valence-electron chi connectivity index (χ2n) is 2.50. The lowest BCUT2D eigenvalue weighted by atomic mass is 11.9. The summed E-state index contributed by atoms with van der Waals surface area (Å²) in [5.74, 6) is 0. The van der Waals surface area contributed by atoms with Crippen LogP contribution in [-0.2, 0) is 0 Å². The van der Waals surface area contributed by atoms with Gasteiger partial charge in [0.2, 0.25) is 0 Å². The molecule has 62 valence electrons. The average Bonchev–Trinajstić information content (AvgIpc) is 1.59. The number of hydrogen-bond acceptors (Lipinski definition) is 3. The zero-order chi connectivity index (χ0) is 8.20. The summed E-state index contributed by atoms with van der Waals surface area (Å²) in [5, 5.41) is 5.67. The minimum atomic E-state index is -2.01. The van der Waals surface area contributed by atoms with Crippen molar-refractivity contribution in [1.29, 1.82) is 0 Å². The summed E-state index contributed by atoms with van der Waals surface area (Å²) >= 11 is 5.88. The molecule has 0 fully saturated rings. The van der Waals surface area contributed by atoms with Crippen molar-refractivity contribution in [3.63, 3.8) is 0 Å². The van der Waals surface area contributed by atoms with Crippen molar-refractivity contribution in [3.05, 3.63) is 0 Å². The fourth-order valence-electron chi connectivity index (χ4n) is 0.781. The summed E-state index contributed by atoms with van der Waals surface area (Å²) < 4.78 is 6.70. The minimum absolute atomic E-state index is 0.0452. The number of nitrogens with two attached hydrogens (primary N) is 1. The quantitative estimate of drug-likeness (QED) is 0.411. The third-order valence-electron chi connectivity index (χ3n) is 1.01. The van der Waals surface area contributed by atoms with Crippen LogP contribution in [0.25, 0.3) is 0 Å². The van der Waals surface area contributed by atoms with Gasteiger partial charge in [0.1, 0.15) is 0 Å². The van der Waals surface area contributed by atoms with Crippen LogP contribution in [0.3, 0.4) is 0 Å². The van der Waals surface area contributed by atoms with Crippen LogP contribution in [0.1, 0.15) is 0 Å². The Balaban J connectivity index is 3.47. The van der Waals surface area contributed by atoms with Gasteiger partial charge >= 0.3 is 0 Å². The summed E-state index contributed by atoms with van der Waals surface area (Å²) in [6, 6.07) is 0. The molecule has 10 heavy (non-hydrogen) atoms. The summed E-state index contributed by atoms with van der Waals surface area (Å²) in [7, 11) is -3.02. The Kier molecular flexibility index (Phi) is 5.03. The van der Waals surface area contributed by atoms with Gasteiger partial charge in [-0.1, -0.05) is 6.55 Å². The van der Waals surface area contributed by atoms with Gasteiger partial charge in [0.25, 0.3) is 7.71 Å². The van der Waals surface area contributed by atoms with Crippen molar-refractivity contribution in [2.45, 2.75) is 19.6 Å². The third-order valence-corrected chi connectivity index (χ3v) is 10.1. The van der Waals surface area contributed by atoms with E-state index in [1.54, 1.807) is 0 Å². The van der Waals surface area contributed by atoms with E-state index in [1.807, 2.05) is 6.55 Å². The molecule has 0 saturated carbocycles. The standard InChI is InChI=1S/C3H16ClN3Si3/c1-8-6-9(2)7-10(3,4)5/h6-7,9H,5,8H2,1-3H3. The van der Waals surface area contributed by atoms with Gasteiger partial charge in [0, 0.05) is 0 Å². The van der Waals surface area contributed by atoms with E-state index in [2.05, 4.69) is 22.4 Å². The fraction of sp³-hybridized carbons (Fsp3) is 1.00. The van der Waals surface area contributed by atoms with Crippen LogP contribution >= 0.6 is 11.1 Å². The first kappa shape index (κ1) is 10.8. The molecule has 0 aliphatic heterocycles. The molecule has 0 rings (SSSR count). The molecule has 0 aliphatic rings. The number of rotatable bonds is 4. The van der Waals surface area contributed by atoms with Crippen LogP contribution in [0.15, 0.2) is 0 Å². The highest BCUT2D eigenvalue weighted by Crippen LogP contribution is 1.92. The van der Waals surface area contributed by atoms with Gasteiger partial charge in [0.15, 0.2) is 9.12 Å².